The average Bonchev–Trinajstić information content (AvgIpc) is 2.76. The largest absolute Gasteiger partial charge is 0.394 e. The maximum absolute atomic E-state index is 11.1. The summed E-state index contributed by atoms with van der Waals surface area (Å²) in [6, 6.07) is 0. The molecule has 170 valence electrons. The Labute approximate surface area is 174 Å². The normalized spacial score (nSPS) is 18.2. The van der Waals surface area contributed by atoms with Crippen molar-refractivity contribution in [2.24, 2.45) is 0 Å². The summed E-state index contributed by atoms with van der Waals surface area (Å²) in [6.45, 7) is -0.0837. The number of rotatable bonds is 20. The van der Waals surface area contributed by atoms with Crippen molar-refractivity contribution in [1.29, 1.82) is 0 Å². The van der Waals surface area contributed by atoms with Crippen molar-refractivity contribution in [1.82, 2.24) is 0 Å². The van der Waals surface area contributed by atoms with Crippen LogP contribution in [0.3, 0.4) is 0 Å². The predicted octanol–water partition coefficient (Wildman–Crippen LogP) is 2.92. The minimum Gasteiger partial charge on any atom is -0.394 e. The van der Waals surface area contributed by atoms with Gasteiger partial charge in [0.25, 0.3) is 0 Å². The molecule has 0 aliphatic heterocycles. The second kappa shape index (κ2) is 17.6. The van der Waals surface area contributed by atoms with Gasteiger partial charge in [-0.15, -0.1) is 0 Å². The first kappa shape index (κ1) is 24.0. The molecule has 0 bridgehead atoms. The first-order valence-electron chi connectivity index (χ1n) is 12.4. The van der Waals surface area contributed by atoms with E-state index in [0.29, 0.717) is 20.2 Å². The van der Waals surface area contributed by atoms with Gasteiger partial charge in [0.1, 0.15) is 23.9 Å². The molecule has 4 atom stereocenters. The molecule has 0 aliphatic rings. The zero-order chi connectivity index (χ0) is 22.7. The van der Waals surface area contributed by atoms with Gasteiger partial charge in [0.2, 0.25) is 0 Å². The van der Waals surface area contributed by atoms with Gasteiger partial charge < -0.3 is 30.3 Å². The van der Waals surface area contributed by atoms with Crippen molar-refractivity contribution in [2.75, 3.05) is 19.8 Å². The van der Waals surface area contributed by atoms with Crippen molar-refractivity contribution < 1.29 is 33.0 Å². The third-order valence-corrected chi connectivity index (χ3v) is 5.30. The molecule has 0 radical (unpaired) electrons. The quantitative estimate of drug-likeness (QED) is 0.198. The maximum Gasteiger partial charge on any atom is 0.121 e. The highest BCUT2D eigenvalue weighted by Crippen LogP contribution is 2.29. The molecule has 5 N–H and O–H groups in total. The van der Waals surface area contributed by atoms with E-state index in [1.165, 1.54) is 0 Å². The number of hydrogen-bond acceptors (Lipinski definition) is 6. The van der Waals surface area contributed by atoms with Gasteiger partial charge in [-0.2, -0.15) is 0 Å². The second-order valence-corrected chi connectivity index (χ2v) is 7.72. The summed E-state index contributed by atoms with van der Waals surface area (Å²) in [5.41, 5.74) is -1.84. The molecule has 0 amide bonds. The van der Waals surface area contributed by atoms with E-state index in [1.807, 2.05) is 0 Å². The standard InChI is InChI=1S/C22H46O6/c1-3-5-7-9-11-13-15-22(27,20(26)18-24)21(19(25)17-23)28-16-14-12-10-8-6-4-2/h19-21,23-27H,3-18H2,1-2H3/t19-,20-,21-,22-/m1/s1/i1D,2D. The van der Waals surface area contributed by atoms with Crippen molar-refractivity contribution in [3.8, 4) is 0 Å². The Morgan fingerprint density at radius 1 is 0.786 bits per heavy atom. The van der Waals surface area contributed by atoms with E-state index in [0.717, 1.165) is 70.6 Å². The Morgan fingerprint density at radius 3 is 1.86 bits per heavy atom. The number of unbranched alkanes of at least 4 members (excludes halogenated alkanes) is 10. The summed E-state index contributed by atoms with van der Waals surface area (Å²) in [5, 5.41) is 50.5. The lowest BCUT2D eigenvalue weighted by Gasteiger charge is -2.41. The van der Waals surface area contributed by atoms with Gasteiger partial charge in [0.15, 0.2) is 0 Å². The van der Waals surface area contributed by atoms with Crippen LogP contribution < -0.4 is 0 Å². The van der Waals surface area contributed by atoms with Crippen molar-refractivity contribution in [3.63, 3.8) is 0 Å². The Hall–Kier alpha value is -0.240. The Morgan fingerprint density at radius 2 is 1.32 bits per heavy atom. The lowest BCUT2D eigenvalue weighted by molar-refractivity contribution is -0.211. The fraction of sp³-hybridized carbons (Fsp3) is 1.00. The highest BCUT2D eigenvalue weighted by atomic mass is 16.5. The van der Waals surface area contributed by atoms with Gasteiger partial charge in [-0.05, 0) is 12.8 Å². The van der Waals surface area contributed by atoms with Gasteiger partial charge in [-0.25, -0.2) is 0 Å². The molecule has 0 heterocycles. The van der Waals surface area contributed by atoms with E-state index in [4.69, 9.17) is 7.48 Å². The number of ether oxygens (including phenoxy) is 1. The smallest absolute Gasteiger partial charge is 0.121 e. The van der Waals surface area contributed by atoms with Crippen LogP contribution in [0.5, 0.6) is 0 Å². The molecule has 0 aromatic heterocycles. The molecule has 0 saturated heterocycles. The number of aliphatic hydroxyl groups excluding tert-OH is 4. The van der Waals surface area contributed by atoms with Crippen LogP contribution in [0, 0.1) is 0 Å². The topological polar surface area (TPSA) is 110 Å². The molecular formula is C22H46O6. The molecule has 0 fully saturated rings. The van der Waals surface area contributed by atoms with E-state index in [9.17, 15) is 25.5 Å². The molecule has 0 aliphatic carbocycles. The van der Waals surface area contributed by atoms with Crippen LogP contribution in [-0.2, 0) is 4.74 Å². The number of aliphatic hydroxyl groups is 5. The Bertz CT molecular complexity index is 378. The minimum atomic E-state index is -1.84. The van der Waals surface area contributed by atoms with E-state index in [2.05, 4.69) is 0 Å². The zero-order valence-electron chi connectivity index (χ0n) is 19.6. The lowest BCUT2D eigenvalue weighted by atomic mass is 9.82. The summed E-state index contributed by atoms with van der Waals surface area (Å²) in [4.78, 5) is 0. The molecule has 0 spiro atoms. The third kappa shape index (κ3) is 11.1. The molecule has 0 rings (SSSR count). The van der Waals surface area contributed by atoms with E-state index in [-0.39, 0.29) is 13.0 Å². The highest BCUT2D eigenvalue weighted by Gasteiger charge is 2.46. The molecule has 0 unspecified atom stereocenters. The van der Waals surface area contributed by atoms with E-state index < -0.39 is 37.1 Å². The average molecular weight is 409 g/mol. The van der Waals surface area contributed by atoms with Crippen LogP contribution in [-0.4, -0.2) is 69.3 Å². The van der Waals surface area contributed by atoms with Crippen molar-refractivity contribution in [2.45, 2.75) is 121 Å². The molecule has 0 aromatic rings. The second-order valence-electron chi connectivity index (χ2n) is 7.72. The zero-order valence-corrected chi connectivity index (χ0v) is 17.6. The summed E-state index contributed by atoms with van der Waals surface area (Å²) >= 11 is 0. The summed E-state index contributed by atoms with van der Waals surface area (Å²) < 4.78 is 20.0. The van der Waals surface area contributed by atoms with Crippen LogP contribution in [0.2, 0.25) is 0 Å². The fourth-order valence-corrected chi connectivity index (χ4v) is 3.48. The summed E-state index contributed by atoms with van der Waals surface area (Å²) in [5.74, 6) is 0. The fourth-order valence-electron chi connectivity index (χ4n) is 3.48. The van der Waals surface area contributed by atoms with Crippen LogP contribution in [0.15, 0.2) is 0 Å². The highest BCUT2D eigenvalue weighted by molar-refractivity contribution is 4.97. The van der Waals surface area contributed by atoms with Crippen LogP contribution >= 0.6 is 0 Å². The first-order chi connectivity index (χ1) is 14.5. The molecule has 0 saturated carbocycles. The van der Waals surface area contributed by atoms with Gasteiger partial charge in [0, 0.05) is 9.35 Å². The molecule has 6 nitrogen and oxygen atoms in total. The molecule has 28 heavy (non-hydrogen) atoms. The van der Waals surface area contributed by atoms with Crippen molar-refractivity contribution >= 4 is 0 Å². The van der Waals surface area contributed by atoms with E-state index >= 15 is 0 Å². The van der Waals surface area contributed by atoms with Gasteiger partial charge in [-0.1, -0.05) is 84.4 Å². The first-order valence-corrected chi connectivity index (χ1v) is 11.0. The Balaban J connectivity index is 4.63. The predicted molar refractivity (Wildman–Crippen MR) is 112 cm³/mol. The van der Waals surface area contributed by atoms with Crippen molar-refractivity contribution in [3.05, 3.63) is 0 Å². The summed E-state index contributed by atoms with van der Waals surface area (Å²) in [7, 11) is 0. The SMILES string of the molecule is [2H]CCCCCCCCO[C@H]([C@H](O)CO)[C@@](O)(CCCCCCCC[2H])[C@H](O)CO. The van der Waals surface area contributed by atoms with Gasteiger partial charge >= 0.3 is 0 Å². The van der Waals surface area contributed by atoms with Gasteiger partial charge in [0.05, 0.1) is 13.2 Å². The minimum absolute atomic E-state index is 0.155. The van der Waals surface area contributed by atoms with E-state index in [1.54, 1.807) is 0 Å². The maximum atomic E-state index is 11.1. The van der Waals surface area contributed by atoms with Crippen LogP contribution in [0.4, 0.5) is 0 Å². The number of hydrogen-bond donors (Lipinski definition) is 5. The molecule has 6 heteroatoms. The monoisotopic (exact) mass is 408 g/mol. The van der Waals surface area contributed by atoms with Gasteiger partial charge in [-0.3, -0.25) is 0 Å². The van der Waals surface area contributed by atoms with Crippen LogP contribution in [0.25, 0.3) is 0 Å². The third-order valence-electron chi connectivity index (χ3n) is 5.30. The lowest BCUT2D eigenvalue weighted by Crippen LogP contribution is -2.59. The molecular weight excluding hydrogens is 360 g/mol. The molecule has 0 aromatic carbocycles. The Kier molecular flexibility index (Phi) is 15.1. The summed E-state index contributed by atoms with van der Waals surface area (Å²) in [6.07, 6.45) is 7.15. The van der Waals surface area contributed by atoms with Crippen LogP contribution in [0.1, 0.15) is 100 Å².